The average Bonchev–Trinajstić information content (AvgIpc) is 3.35. The number of hydrogen-bond acceptors (Lipinski definition) is 8. The fraction of sp³-hybridized carbons (Fsp3) is 0.333. The van der Waals surface area contributed by atoms with Crippen LogP contribution < -0.4 is 10.1 Å². The summed E-state index contributed by atoms with van der Waals surface area (Å²) in [6.07, 6.45) is 1.22. The maximum Gasteiger partial charge on any atom is 0.194 e. The van der Waals surface area contributed by atoms with Crippen molar-refractivity contribution in [2.75, 3.05) is 0 Å². The smallest absolute Gasteiger partial charge is 0.194 e. The maximum absolute atomic E-state index is 14.1. The van der Waals surface area contributed by atoms with Crippen molar-refractivity contribution in [3.8, 4) is 17.2 Å². The van der Waals surface area contributed by atoms with Crippen molar-refractivity contribution >= 4 is 28.4 Å². The Hall–Kier alpha value is -4.40. The number of Topliss-reactive ketones (excluding diaryl/α,β-unsaturated/α-hetero) is 2. The van der Waals surface area contributed by atoms with E-state index in [1.54, 1.807) is 13.8 Å². The number of ketones is 3. The van der Waals surface area contributed by atoms with E-state index in [1.807, 2.05) is 49.7 Å². The van der Waals surface area contributed by atoms with Crippen molar-refractivity contribution in [1.82, 2.24) is 14.9 Å². The first kappa shape index (κ1) is 26.2. The number of nitrogens with zero attached hydrogens (tertiary/aromatic N) is 2. The molecule has 9 nitrogen and oxygen atoms in total. The molecule has 1 aromatic heterocycles. The number of phenols is 2. The molecule has 2 heterocycles. The molecule has 1 aliphatic heterocycles. The Labute approximate surface area is 225 Å². The van der Waals surface area contributed by atoms with Gasteiger partial charge in [-0.3, -0.25) is 14.4 Å². The highest BCUT2D eigenvalue weighted by Crippen LogP contribution is 2.57. The van der Waals surface area contributed by atoms with E-state index in [4.69, 9.17) is 9.72 Å². The molecule has 2 unspecified atom stereocenters. The number of fused-ring (bicyclic) bond motifs is 4. The predicted octanol–water partition coefficient (Wildman–Crippen LogP) is 4.44. The van der Waals surface area contributed by atoms with Crippen LogP contribution in [-0.2, 0) is 22.1 Å². The molecule has 0 amide bonds. The Morgan fingerprint density at radius 1 is 1.13 bits per heavy atom. The van der Waals surface area contributed by atoms with Gasteiger partial charge in [0.05, 0.1) is 28.2 Å². The molecule has 2 aliphatic rings. The van der Waals surface area contributed by atoms with Gasteiger partial charge < -0.3 is 24.8 Å². The fourth-order valence-corrected chi connectivity index (χ4v) is 5.64. The largest absolute Gasteiger partial charge is 0.507 e. The van der Waals surface area contributed by atoms with Gasteiger partial charge in [0.15, 0.2) is 17.3 Å². The minimum Gasteiger partial charge on any atom is -0.507 e. The second-order valence-corrected chi connectivity index (χ2v) is 10.8. The van der Waals surface area contributed by atoms with E-state index in [2.05, 4.69) is 5.32 Å². The number of aromatic nitrogens is 2. The summed E-state index contributed by atoms with van der Waals surface area (Å²) in [7, 11) is 1.93. The van der Waals surface area contributed by atoms with Crippen LogP contribution in [0.4, 0.5) is 0 Å². The molecular formula is C30H31N3O6. The Kier molecular flexibility index (Phi) is 5.93. The molecule has 3 N–H and O–H groups in total. The van der Waals surface area contributed by atoms with Gasteiger partial charge in [0, 0.05) is 24.4 Å². The molecule has 5 rings (SSSR count). The van der Waals surface area contributed by atoms with Crippen LogP contribution in [0, 0.1) is 12.8 Å². The molecule has 0 fully saturated rings. The van der Waals surface area contributed by atoms with Crippen LogP contribution >= 0.6 is 0 Å². The van der Waals surface area contributed by atoms with E-state index in [0.29, 0.717) is 5.70 Å². The number of carbonyl (C=O) groups excluding carboxylic acids is 3. The lowest BCUT2D eigenvalue weighted by molar-refractivity contribution is -0.123. The van der Waals surface area contributed by atoms with Crippen molar-refractivity contribution in [3.63, 3.8) is 0 Å². The number of para-hydroxylation sites is 2. The second-order valence-electron chi connectivity index (χ2n) is 10.8. The van der Waals surface area contributed by atoms with E-state index in [9.17, 15) is 24.6 Å². The van der Waals surface area contributed by atoms with E-state index in [0.717, 1.165) is 16.9 Å². The molecule has 0 radical (unpaired) electrons. The summed E-state index contributed by atoms with van der Waals surface area (Å²) in [6, 6.07) is 7.46. The van der Waals surface area contributed by atoms with Gasteiger partial charge in [0.2, 0.25) is 0 Å². The van der Waals surface area contributed by atoms with Gasteiger partial charge in [-0.15, -0.1) is 0 Å². The number of allylic oxidation sites excluding steroid dienone is 4. The van der Waals surface area contributed by atoms with Crippen LogP contribution in [0.25, 0.3) is 11.0 Å². The predicted molar refractivity (Wildman–Crippen MR) is 145 cm³/mol. The Bertz CT molecular complexity index is 1680. The quantitative estimate of drug-likeness (QED) is 0.251. The summed E-state index contributed by atoms with van der Waals surface area (Å²) in [6.45, 7) is 9.98. The lowest BCUT2D eigenvalue weighted by Crippen LogP contribution is -2.41. The average molecular weight is 530 g/mol. The Morgan fingerprint density at radius 2 is 1.79 bits per heavy atom. The number of benzene rings is 2. The number of phenolic OH excluding ortho intramolecular Hbond substituents is 2. The highest BCUT2D eigenvalue weighted by atomic mass is 16.5. The number of nitrogens with one attached hydrogen (secondary N) is 1. The minimum atomic E-state index is -1.57. The summed E-state index contributed by atoms with van der Waals surface area (Å²) in [5.41, 5.74) is 0.500. The minimum absolute atomic E-state index is 0.00242. The monoisotopic (exact) mass is 529 g/mol. The first-order chi connectivity index (χ1) is 18.3. The van der Waals surface area contributed by atoms with Crippen molar-refractivity contribution in [1.29, 1.82) is 0 Å². The number of carbonyl (C=O) groups is 3. The number of aromatic hydroxyl groups is 2. The summed E-state index contributed by atoms with van der Waals surface area (Å²) >= 11 is 0. The standard InChI is InChI=1S/C30H31N3O6/c1-13(2)24(29-32-17-10-8-9-11-18(17)33(29)7)31-15(4)21-19(35)12-20-30(6,28(21)38)23-26(37)14(3)25(36)22(16(5)34)27(23)39-20/h8-13,24,31,36-37H,1-7H3. The molecule has 202 valence electrons. The molecule has 0 bridgehead atoms. The molecule has 3 aromatic rings. The Balaban J connectivity index is 1.64. The van der Waals surface area contributed by atoms with Crippen molar-refractivity contribution in [2.24, 2.45) is 13.0 Å². The van der Waals surface area contributed by atoms with Gasteiger partial charge in [-0.1, -0.05) is 26.0 Å². The molecule has 1 aliphatic carbocycles. The number of rotatable bonds is 5. The van der Waals surface area contributed by atoms with Crippen LogP contribution in [0.3, 0.4) is 0 Å². The first-order valence-electron chi connectivity index (χ1n) is 12.8. The van der Waals surface area contributed by atoms with Crippen LogP contribution in [0.15, 0.2) is 47.4 Å². The second kappa shape index (κ2) is 8.83. The fourth-order valence-electron chi connectivity index (χ4n) is 5.64. The van der Waals surface area contributed by atoms with E-state index in [1.165, 1.54) is 19.9 Å². The molecule has 0 saturated carbocycles. The zero-order valence-electron chi connectivity index (χ0n) is 23.0. The van der Waals surface area contributed by atoms with Crippen molar-refractivity contribution < 1.29 is 29.3 Å². The van der Waals surface area contributed by atoms with E-state index >= 15 is 0 Å². The number of aryl methyl sites for hydroxylation is 1. The van der Waals surface area contributed by atoms with E-state index < -0.39 is 28.5 Å². The molecule has 9 heteroatoms. The number of ether oxygens (including phenoxy) is 1. The molecule has 0 spiro atoms. The van der Waals surface area contributed by atoms with Gasteiger partial charge in [0.1, 0.15) is 39.8 Å². The molecule has 0 saturated heterocycles. The summed E-state index contributed by atoms with van der Waals surface area (Å²) in [5.74, 6) is -1.69. The topological polar surface area (TPSA) is 131 Å². The zero-order valence-corrected chi connectivity index (χ0v) is 23.0. The van der Waals surface area contributed by atoms with Gasteiger partial charge in [0.25, 0.3) is 0 Å². The normalized spacial score (nSPS) is 20.5. The van der Waals surface area contributed by atoms with Crippen LogP contribution in [0.1, 0.15) is 68.0 Å². The number of imidazole rings is 1. The first-order valence-corrected chi connectivity index (χ1v) is 12.8. The van der Waals surface area contributed by atoms with Gasteiger partial charge in [-0.05, 0) is 45.7 Å². The third-order valence-corrected chi connectivity index (χ3v) is 7.90. The lowest BCUT2D eigenvalue weighted by atomic mass is 9.70. The summed E-state index contributed by atoms with van der Waals surface area (Å²) in [4.78, 5) is 44.7. The van der Waals surface area contributed by atoms with Gasteiger partial charge in [-0.25, -0.2) is 4.98 Å². The third-order valence-electron chi connectivity index (χ3n) is 7.90. The maximum atomic E-state index is 14.1. The van der Waals surface area contributed by atoms with Gasteiger partial charge in [-0.2, -0.15) is 0 Å². The van der Waals surface area contributed by atoms with Crippen LogP contribution in [-0.4, -0.2) is 37.1 Å². The van der Waals surface area contributed by atoms with Crippen molar-refractivity contribution in [3.05, 3.63) is 69.9 Å². The van der Waals surface area contributed by atoms with Crippen molar-refractivity contribution in [2.45, 2.75) is 53.0 Å². The number of hydrogen-bond donors (Lipinski definition) is 3. The van der Waals surface area contributed by atoms with Gasteiger partial charge >= 0.3 is 0 Å². The Morgan fingerprint density at radius 3 is 2.41 bits per heavy atom. The molecule has 2 aromatic carbocycles. The highest BCUT2D eigenvalue weighted by molar-refractivity contribution is 6.31. The lowest BCUT2D eigenvalue weighted by Gasteiger charge is -2.30. The SMILES string of the molecule is CC(=O)c1c(O)c(C)c(O)c2c1OC1=CC(=O)C(=C(C)NC(c3nc4ccccc4n3C)C(C)C)C(=O)C12C. The molecule has 2 atom stereocenters. The molecule has 39 heavy (non-hydrogen) atoms. The summed E-state index contributed by atoms with van der Waals surface area (Å²) in [5, 5.41) is 25.0. The zero-order chi connectivity index (χ0) is 28.5. The van der Waals surface area contributed by atoms with Crippen LogP contribution in [0.5, 0.6) is 17.2 Å². The summed E-state index contributed by atoms with van der Waals surface area (Å²) < 4.78 is 7.84. The highest BCUT2D eigenvalue weighted by Gasteiger charge is 2.56. The van der Waals surface area contributed by atoms with E-state index in [-0.39, 0.29) is 51.5 Å². The van der Waals surface area contributed by atoms with Crippen LogP contribution in [0.2, 0.25) is 0 Å². The third kappa shape index (κ3) is 3.60. The molecular weight excluding hydrogens is 498 g/mol.